The molecule has 2 nitrogen and oxygen atoms in total. The highest BCUT2D eigenvalue weighted by Crippen LogP contribution is 2.22. The number of hydrogen-bond acceptors (Lipinski definition) is 2. The zero-order valence-corrected chi connectivity index (χ0v) is 11.4. The number of rotatable bonds is 9. The molecule has 16 heavy (non-hydrogen) atoms. The molecule has 0 rings (SSSR count). The van der Waals surface area contributed by atoms with Crippen molar-refractivity contribution in [2.24, 2.45) is 11.8 Å². The Morgan fingerprint density at radius 3 is 2.25 bits per heavy atom. The van der Waals surface area contributed by atoms with E-state index in [-0.39, 0.29) is 5.97 Å². The zero-order valence-electron chi connectivity index (χ0n) is 11.4. The van der Waals surface area contributed by atoms with Crippen molar-refractivity contribution >= 4 is 5.97 Å². The minimum absolute atomic E-state index is 0.162. The average Bonchev–Trinajstić information content (AvgIpc) is 2.22. The molecule has 0 aliphatic rings. The molecule has 0 fully saturated rings. The van der Waals surface area contributed by atoms with Crippen LogP contribution in [0.25, 0.3) is 0 Å². The monoisotopic (exact) mass is 228 g/mol. The smallest absolute Gasteiger partial charge is 0.302 e. The molecule has 0 aromatic heterocycles. The van der Waals surface area contributed by atoms with Crippen LogP contribution in [0.1, 0.15) is 66.2 Å². The van der Waals surface area contributed by atoms with Gasteiger partial charge in [-0.15, -0.1) is 0 Å². The Hall–Kier alpha value is -0.530. The molecule has 0 saturated carbocycles. The van der Waals surface area contributed by atoms with Crippen LogP contribution in [0.4, 0.5) is 0 Å². The molecule has 0 N–H and O–H groups in total. The molecule has 0 aliphatic heterocycles. The predicted octanol–water partition coefficient (Wildman–Crippen LogP) is 4.18. The summed E-state index contributed by atoms with van der Waals surface area (Å²) in [5.74, 6) is 1.51. The van der Waals surface area contributed by atoms with Crippen molar-refractivity contribution in [2.75, 3.05) is 6.61 Å². The largest absolute Gasteiger partial charge is 0.466 e. The average molecular weight is 228 g/mol. The van der Waals surface area contributed by atoms with E-state index in [1.54, 1.807) is 0 Å². The minimum Gasteiger partial charge on any atom is -0.466 e. The van der Waals surface area contributed by atoms with Gasteiger partial charge in [0.15, 0.2) is 0 Å². The molecule has 0 saturated heterocycles. The molecule has 0 aromatic carbocycles. The van der Waals surface area contributed by atoms with Gasteiger partial charge in [-0.05, 0) is 18.3 Å². The van der Waals surface area contributed by atoms with Crippen LogP contribution in [0.2, 0.25) is 0 Å². The third kappa shape index (κ3) is 8.75. The molecule has 96 valence electrons. The van der Waals surface area contributed by atoms with Gasteiger partial charge in [-0.3, -0.25) is 4.79 Å². The van der Waals surface area contributed by atoms with Crippen molar-refractivity contribution in [3.05, 3.63) is 0 Å². The maximum absolute atomic E-state index is 10.5. The van der Waals surface area contributed by atoms with E-state index in [0.29, 0.717) is 6.61 Å². The first-order valence-electron chi connectivity index (χ1n) is 6.71. The van der Waals surface area contributed by atoms with Crippen LogP contribution < -0.4 is 0 Å². The summed E-state index contributed by atoms with van der Waals surface area (Å²) in [6, 6.07) is 0. The maximum atomic E-state index is 10.5. The Morgan fingerprint density at radius 1 is 1.06 bits per heavy atom. The molecule has 0 radical (unpaired) electrons. The number of carbonyl (C=O) groups is 1. The van der Waals surface area contributed by atoms with Crippen LogP contribution in [0.5, 0.6) is 0 Å². The molecule has 0 amide bonds. The first kappa shape index (κ1) is 15.5. The molecule has 2 unspecified atom stereocenters. The molecular weight excluding hydrogens is 200 g/mol. The quantitative estimate of drug-likeness (QED) is 0.437. The van der Waals surface area contributed by atoms with Crippen LogP contribution in [0.15, 0.2) is 0 Å². The van der Waals surface area contributed by atoms with Crippen molar-refractivity contribution in [1.82, 2.24) is 0 Å². The summed E-state index contributed by atoms with van der Waals surface area (Å²) in [4.78, 5) is 10.5. The number of unbranched alkanes of at least 4 members (excludes halogenated alkanes) is 2. The highest BCUT2D eigenvalue weighted by Gasteiger charge is 2.10. The Kier molecular flexibility index (Phi) is 9.36. The summed E-state index contributed by atoms with van der Waals surface area (Å²) in [6.07, 6.45) is 7.38. The van der Waals surface area contributed by atoms with Gasteiger partial charge >= 0.3 is 5.97 Å². The number of ether oxygens (including phenoxy) is 1. The van der Waals surface area contributed by atoms with Gasteiger partial charge in [0.1, 0.15) is 0 Å². The summed E-state index contributed by atoms with van der Waals surface area (Å²) in [5.41, 5.74) is 0. The minimum atomic E-state index is -0.162. The van der Waals surface area contributed by atoms with Crippen LogP contribution in [0, 0.1) is 11.8 Å². The lowest BCUT2D eigenvalue weighted by Gasteiger charge is -2.18. The summed E-state index contributed by atoms with van der Waals surface area (Å²) in [6.45, 7) is 9.02. The van der Waals surface area contributed by atoms with E-state index >= 15 is 0 Å². The van der Waals surface area contributed by atoms with E-state index in [9.17, 15) is 4.79 Å². The molecule has 2 heteroatoms. The van der Waals surface area contributed by atoms with Crippen LogP contribution in [0.3, 0.4) is 0 Å². The highest BCUT2D eigenvalue weighted by atomic mass is 16.5. The summed E-state index contributed by atoms with van der Waals surface area (Å²) in [7, 11) is 0. The molecule has 0 aliphatic carbocycles. The maximum Gasteiger partial charge on any atom is 0.302 e. The third-order valence-electron chi connectivity index (χ3n) is 3.32. The standard InChI is InChI=1S/C14H28O2/c1-5-9-12(2)13(3)10-7-6-8-11-16-14(4)15/h12-13H,5-11H2,1-4H3. The summed E-state index contributed by atoms with van der Waals surface area (Å²) >= 11 is 0. The molecule has 2 atom stereocenters. The second-order valence-corrected chi connectivity index (χ2v) is 4.93. The summed E-state index contributed by atoms with van der Waals surface area (Å²) < 4.78 is 4.90. The van der Waals surface area contributed by atoms with Gasteiger partial charge in [0.25, 0.3) is 0 Å². The Morgan fingerprint density at radius 2 is 1.69 bits per heavy atom. The number of carbonyl (C=O) groups excluding carboxylic acids is 1. The van der Waals surface area contributed by atoms with Gasteiger partial charge < -0.3 is 4.74 Å². The fourth-order valence-electron chi connectivity index (χ4n) is 1.99. The van der Waals surface area contributed by atoms with Crippen molar-refractivity contribution in [3.8, 4) is 0 Å². The third-order valence-corrected chi connectivity index (χ3v) is 3.32. The summed E-state index contributed by atoms with van der Waals surface area (Å²) in [5, 5.41) is 0. The number of hydrogen-bond donors (Lipinski definition) is 0. The Bertz CT molecular complexity index is 178. The lowest BCUT2D eigenvalue weighted by Crippen LogP contribution is -2.07. The van der Waals surface area contributed by atoms with Gasteiger partial charge in [-0.2, -0.15) is 0 Å². The topological polar surface area (TPSA) is 26.3 Å². The highest BCUT2D eigenvalue weighted by molar-refractivity contribution is 5.65. The zero-order chi connectivity index (χ0) is 12.4. The van der Waals surface area contributed by atoms with E-state index in [4.69, 9.17) is 4.74 Å². The van der Waals surface area contributed by atoms with E-state index in [1.807, 2.05) is 0 Å². The van der Waals surface area contributed by atoms with Crippen molar-refractivity contribution in [1.29, 1.82) is 0 Å². The molecule has 0 heterocycles. The lowest BCUT2D eigenvalue weighted by molar-refractivity contribution is -0.141. The van der Waals surface area contributed by atoms with E-state index < -0.39 is 0 Å². The number of esters is 1. The molecule has 0 spiro atoms. The van der Waals surface area contributed by atoms with E-state index in [2.05, 4.69) is 20.8 Å². The van der Waals surface area contributed by atoms with E-state index in [1.165, 1.54) is 39.0 Å². The Labute approximate surface area is 101 Å². The molecular formula is C14H28O2. The normalized spacial score (nSPS) is 14.5. The fraction of sp³-hybridized carbons (Fsp3) is 0.929. The second kappa shape index (κ2) is 9.68. The molecule has 0 bridgehead atoms. The molecule has 0 aromatic rings. The lowest BCUT2D eigenvalue weighted by atomic mass is 9.88. The van der Waals surface area contributed by atoms with Crippen molar-refractivity contribution < 1.29 is 9.53 Å². The van der Waals surface area contributed by atoms with Gasteiger partial charge in [0.2, 0.25) is 0 Å². The fourth-order valence-corrected chi connectivity index (χ4v) is 1.99. The van der Waals surface area contributed by atoms with Crippen LogP contribution >= 0.6 is 0 Å². The van der Waals surface area contributed by atoms with Crippen molar-refractivity contribution in [2.45, 2.75) is 66.2 Å². The van der Waals surface area contributed by atoms with Crippen molar-refractivity contribution in [3.63, 3.8) is 0 Å². The van der Waals surface area contributed by atoms with Gasteiger partial charge in [0, 0.05) is 6.92 Å². The van der Waals surface area contributed by atoms with Crippen LogP contribution in [-0.4, -0.2) is 12.6 Å². The SMILES string of the molecule is CCCC(C)C(C)CCCCCOC(C)=O. The van der Waals surface area contributed by atoms with Gasteiger partial charge in [-0.1, -0.05) is 52.9 Å². The van der Waals surface area contributed by atoms with E-state index in [0.717, 1.165) is 18.3 Å². The first-order valence-corrected chi connectivity index (χ1v) is 6.71. The second-order valence-electron chi connectivity index (χ2n) is 4.93. The van der Waals surface area contributed by atoms with Gasteiger partial charge in [-0.25, -0.2) is 0 Å². The van der Waals surface area contributed by atoms with Gasteiger partial charge in [0.05, 0.1) is 6.61 Å². The first-order chi connectivity index (χ1) is 7.57. The predicted molar refractivity (Wildman–Crippen MR) is 68.3 cm³/mol. The Balaban J connectivity index is 3.33. The van der Waals surface area contributed by atoms with Crippen LogP contribution in [-0.2, 0) is 9.53 Å².